The summed E-state index contributed by atoms with van der Waals surface area (Å²) in [6.07, 6.45) is -5.92. The normalized spacial score (nSPS) is 16.2. The Morgan fingerprint density at radius 3 is 2.09 bits per heavy atom. The van der Waals surface area contributed by atoms with E-state index in [1.54, 1.807) is 7.11 Å². The number of nitrogen functional groups attached to an aromatic ring is 1. The Morgan fingerprint density at radius 2 is 1.62 bits per heavy atom. The summed E-state index contributed by atoms with van der Waals surface area (Å²) < 4.78 is 71.4. The Morgan fingerprint density at radius 1 is 1.09 bits per heavy atom. The Balaban J connectivity index is 0.000000331. The summed E-state index contributed by atoms with van der Waals surface area (Å²) in [5, 5.41) is 20.5. The van der Waals surface area contributed by atoms with Crippen LogP contribution in [0.2, 0.25) is 5.02 Å². The molecule has 1 aliphatic carbocycles. The topological polar surface area (TPSA) is 157 Å². The molecule has 45 heavy (non-hydrogen) atoms. The maximum absolute atomic E-state index is 10.6. The molecule has 3 heterocycles. The lowest BCUT2D eigenvalue weighted by Gasteiger charge is -2.41. The van der Waals surface area contributed by atoms with Crippen molar-refractivity contribution in [2.24, 2.45) is 5.92 Å². The van der Waals surface area contributed by atoms with Gasteiger partial charge in [-0.2, -0.15) is 31.4 Å². The molecule has 2 fully saturated rings. The first kappa shape index (κ1) is 35.6. The van der Waals surface area contributed by atoms with Crippen molar-refractivity contribution in [1.29, 1.82) is 0 Å². The van der Waals surface area contributed by atoms with Crippen LogP contribution in [0.5, 0.6) is 5.75 Å². The lowest BCUT2D eigenvalue weighted by molar-refractivity contribution is -0.193. The quantitative estimate of drug-likeness (QED) is 0.292. The Bertz CT molecular complexity index is 1530. The van der Waals surface area contributed by atoms with Gasteiger partial charge in [0.05, 0.1) is 24.2 Å². The van der Waals surface area contributed by atoms with Crippen molar-refractivity contribution in [3.05, 3.63) is 39.8 Å². The maximum Gasteiger partial charge on any atom is 0.490 e. The summed E-state index contributed by atoms with van der Waals surface area (Å²) in [6.45, 7) is 9.47. The highest BCUT2D eigenvalue weighted by atomic mass is 35.5. The number of hydrogen-bond donors (Lipinski definition) is 3. The van der Waals surface area contributed by atoms with E-state index in [0.717, 1.165) is 57.6 Å². The minimum Gasteiger partial charge on any atom is -0.496 e. The van der Waals surface area contributed by atoms with E-state index in [2.05, 4.69) is 28.7 Å². The number of carbonyl (C=O) groups is 2. The van der Waals surface area contributed by atoms with E-state index in [1.165, 1.54) is 31.3 Å². The Kier molecular flexibility index (Phi) is 10.8. The molecule has 1 atom stereocenters. The third-order valence-corrected chi connectivity index (χ3v) is 7.72. The molecule has 1 unspecified atom stereocenters. The van der Waals surface area contributed by atoms with Crippen LogP contribution < -0.4 is 10.5 Å². The lowest BCUT2D eigenvalue weighted by Crippen LogP contribution is -2.46. The molecule has 11 nitrogen and oxygen atoms in total. The summed E-state index contributed by atoms with van der Waals surface area (Å²) in [7, 11) is 1.75. The number of alkyl halides is 6. The number of aryl methyl sites for hydroxylation is 1. The molecule has 5 rings (SSSR count). The molecule has 1 saturated carbocycles. The molecule has 2 aromatic heterocycles. The van der Waals surface area contributed by atoms with Gasteiger partial charge in [0, 0.05) is 41.7 Å². The predicted molar refractivity (Wildman–Crippen MR) is 150 cm³/mol. The first-order valence-corrected chi connectivity index (χ1v) is 13.8. The molecule has 0 amide bonds. The van der Waals surface area contributed by atoms with Crippen LogP contribution in [0.25, 0.3) is 11.0 Å². The number of rotatable bonds is 6. The third-order valence-electron chi connectivity index (χ3n) is 7.33. The van der Waals surface area contributed by atoms with Gasteiger partial charge in [0.25, 0.3) is 0 Å². The van der Waals surface area contributed by atoms with Crippen molar-refractivity contribution in [2.75, 3.05) is 32.5 Å². The number of anilines is 1. The van der Waals surface area contributed by atoms with Gasteiger partial charge in [0.2, 0.25) is 0 Å². The van der Waals surface area contributed by atoms with Crippen molar-refractivity contribution in [3.63, 3.8) is 0 Å². The van der Waals surface area contributed by atoms with Gasteiger partial charge in [0.15, 0.2) is 5.65 Å². The second-order valence-corrected chi connectivity index (χ2v) is 11.1. The van der Waals surface area contributed by atoms with Crippen molar-refractivity contribution in [3.8, 4) is 5.75 Å². The van der Waals surface area contributed by atoms with Gasteiger partial charge in [-0.05, 0) is 51.2 Å². The van der Waals surface area contributed by atoms with Crippen LogP contribution in [0, 0.1) is 19.8 Å². The van der Waals surface area contributed by atoms with E-state index in [9.17, 15) is 26.3 Å². The van der Waals surface area contributed by atoms with Crippen LogP contribution in [-0.2, 0) is 9.59 Å². The molecule has 0 bridgehead atoms. The molecule has 4 N–H and O–H groups in total. The zero-order valence-electron chi connectivity index (χ0n) is 24.5. The van der Waals surface area contributed by atoms with E-state index in [1.807, 2.05) is 17.7 Å². The number of halogens is 7. The van der Waals surface area contributed by atoms with Gasteiger partial charge in [-0.3, -0.25) is 0 Å². The number of aliphatic carboxylic acids is 2. The second kappa shape index (κ2) is 13.6. The number of carboxylic acids is 2. The highest BCUT2D eigenvalue weighted by molar-refractivity contribution is 6.31. The number of benzene rings is 1. The largest absolute Gasteiger partial charge is 0.496 e. The van der Waals surface area contributed by atoms with Crippen LogP contribution in [0.3, 0.4) is 0 Å². The molecular weight excluding hydrogens is 638 g/mol. The number of ether oxygens (including phenoxy) is 1. The summed E-state index contributed by atoms with van der Waals surface area (Å²) in [6, 6.07) is 1.89. The molecule has 1 aromatic carbocycles. The van der Waals surface area contributed by atoms with E-state index in [4.69, 9.17) is 47.0 Å². The SMILES string of the molecule is COc1c(C(C)n2nc(C)c3c(N)ncnc32)cc(Cl)c(C)c1C1CN(CC2CC2)C1.O=C(O)C(F)(F)F.O=C(O)C(F)(F)F. The predicted octanol–water partition coefficient (Wildman–Crippen LogP) is 5.37. The minimum absolute atomic E-state index is 0.125. The van der Waals surface area contributed by atoms with Crippen molar-refractivity contribution in [2.45, 2.75) is 57.9 Å². The van der Waals surface area contributed by atoms with Crippen molar-refractivity contribution >= 4 is 40.4 Å². The highest BCUT2D eigenvalue weighted by Gasteiger charge is 2.39. The van der Waals surface area contributed by atoms with E-state index in [0.29, 0.717) is 11.7 Å². The number of aromatic nitrogens is 4. The van der Waals surface area contributed by atoms with Gasteiger partial charge in [-0.15, -0.1) is 0 Å². The average molecular weight is 669 g/mol. The number of carboxylic acid groups (broad SMARTS) is 2. The van der Waals surface area contributed by atoms with Crippen LogP contribution in [0.15, 0.2) is 12.4 Å². The molecular formula is C27H31ClF6N6O5. The first-order valence-electron chi connectivity index (χ1n) is 13.4. The second-order valence-electron chi connectivity index (χ2n) is 10.6. The van der Waals surface area contributed by atoms with Gasteiger partial charge < -0.3 is 25.6 Å². The fraction of sp³-hybridized carbons (Fsp3) is 0.519. The van der Waals surface area contributed by atoms with Crippen LogP contribution >= 0.6 is 11.6 Å². The summed E-state index contributed by atoms with van der Waals surface area (Å²) >= 11 is 6.74. The first-order chi connectivity index (χ1) is 20.8. The van der Waals surface area contributed by atoms with Crippen LogP contribution in [-0.4, -0.2) is 85.9 Å². The van der Waals surface area contributed by atoms with Crippen molar-refractivity contribution < 1.29 is 50.9 Å². The number of nitrogens with two attached hydrogens (primary N) is 1. The van der Waals surface area contributed by atoms with Crippen LogP contribution in [0.1, 0.15) is 54.1 Å². The van der Waals surface area contributed by atoms with Gasteiger partial charge in [-0.1, -0.05) is 11.6 Å². The highest BCUT2D eigenvalue weighted by Crippen LogP contribution is 2.45. The van der Waals surface area contributed by atoms with Gasteiger partial charge in [0.1, 0.15) is 17.9 Å². The summed E-state index contributed by atoms with van der Waals surface area (Å²) in [5.41, 5.74) is 11.0. The number of nitrogens with zero attached hydrogens (tertiary/aromatic N) is 5. The third kappa shape index (κ3) is 8.45. The summed E-state index contributed by atoms with van der Waals surface area (Å²) in [5.74, 6) is -2.81. The maximum atomic E-state index is 10.6. The number of hydrogen-bond acceptors (Lipinski definition) is 8. The Labute approximate surface area is 257 Å². The Hall–Kier alpha value is -3.86. The fourth-order valence-electron chi connectivity index (χ4n) is 4.93. The molecule has 1 aliphatic heterocycles. The zero-order chi connectivity index (χ0) is 34.0. The van der Waals surface area contributed by atoms with E-state index >= 15 is 0 Å². The summed E-state index contributed by atoms with van der Waals surface area (Å²) in [4.78, 5) is 28.9. The number of methoxy groups -OCH3 is 1. The van der Waals surface area contributed by atoms with E-state index in [-0.39, 0.29) is 6.04 Å². The van der Waals surface area contributed by atoms with Crippen molar-refractivity contribution in [1.82, 2.24) is 24.6 Å². The molecule has 2 aliphatic rings. The van der Waals surface area contributed by atoms with Gasteiger partial charge in [-0.25, -0.2) is 24.2 Å². The molecule has 3 aromatic rings. The smallest absolute Gasteiger partial charge is 0.490 e. The fourth-order valence-corrected chi connectivity index (χ4v) is 5.15. The van der Waals surface area contributed by atoms with Gasteiger partial charge >= 0.3 is 24.3 Å². The monoisotopic (exact) mass is 668 g/mol. The molecule has 18 heteroatoms. The van der Waals surface area contributed by atoms with E-state index < -0.39 is 24.3 Å². The lowest BCUT2D eigenvalue weighted by atomic mass is 9.85. The molecule has 1 saturated heterocycles. The average Bonchev–Trinajstić information content (AvgIpc) is 3.67. The molecule has 0 spiro atoms. The number of fused-ring (bicyclic) bond motifs is 1. The minimum atomic E-state index is -5.08. The zero-order valence-corrected chi connectivity index (χ0v) is 25.3. The number of likely N-dealkylation sites (tertiary alicyclic amines) is 1. The standard InChI is InChI=1S/C23H29ClN6O.2C2HF3O2/c1-12-18(24)7-17(14(3)30-23-20(13(2)28-30)22(25)26-11-27-23)21(31-4)19(12)16-9-29(10-16)8-15-5-6-15;2*3-2(4,5)1(6)7/h7,11,14-16H,5-6,8-10H2,1-4H3,(H2,25,26,27);2*(H,6,7). The van der Waals surface area contributed by atoms with Crippen LogP contribution in [0.4, 0.5) is 32.2 Å². The molecule has 248 valence electrons. The molecule has 0 radical (unpaired) electrons.